The second-order valence-corrected chi connectivity index (χ2v) is 5.47. The Bertz CT molecular complexity index is 405. The fourth-order valence-electron chi connectivity index (χ4n) is 2.53. The lowest BCUT2D eigenvalue weighted by atomic mass is 9.82. The molecule has 94 valence electrons. The van der Waals surface area contributed by atoms with E-state index in [4.69, 9.17) is 23.2 Å². The molecular formula is C12H17Cl2N3. The van der Waals surface area contributed by atoms with Crippen LogP contribution in [0.15, 0.2) is 6.07 Å². The summed E-state index contributed by atoms with van der Waals surface area (Å²) in [4.78, 5) is 2.27. The van der Waals surface area contributed by atoms with Crippen molar-refractivity contribution >= 4 is 28.9 Å². The van der Waals surface area contributed by atoms with Crippen LogP contribution in [0.25, 0.3) is 0 Å². The van der Waals surface area contributed by atoms with Crippen LogP contribution in [0, 0.1) is 5.41 Å². The number of hydrogen-bond donors (Lipinski definition) is 0. The smallest absolute Gasteiger partial charge is 0.175 e. The molecule has 1 aromatic rings. The van der Waals surface area contributed by atoms with E-state index >= 15 is 0 Å². The summed E-state index contributed by atoms with van der Waals surface area (Å²) < 4.78 is 0. The van der Waals surface area contributed by atoms with Crippen LogP contribution in [-0.2, 0) is 0 Å². The highest BCUT2D eigenvalue weighted by Crippen LogP contribution is 2.40. The summed E-state index contributed by atoms with van der Waals surface area (Å²) in [6.45, 7) is 6.56. The molecule has 5 heteroatoms. The van der Waals surface area contributed by atoms with Gasteiger partial charge in [0.2, 0.25) is 0 Å². The second-order valence-electron chi connectivity index (χ2n) is 4.72. The first-order valence-electron chi connectivity index (χ1n) is 6.04. The quantitative estimate of drug-likeness (QED) is 0.839. The molecule has 17 heavy (non-hydrogen) atoms. The van der Waals surface area contributed by atoms with Crippen molar-refractivity contribution in [1.82, 2.24) is 10.2 Å². The van der Waals surface area contributed by atoms with Gasteiger partial charge in [-0.2, -0.15) is 0 Å². The van der Waals surface area contributed by atoms with Crippen molar-refractivity contribution in [2.45, 2.75) is 33.1 Å². The number of anilines is 1. The van der Waals surface area contributed by atoms with Crippen molar-refractivity contribution in [3.8, 4) is 0 Å². The molecule has 3 nitrogen and oxygen atoms in total. The Morgan fingerprint density at radius 2 is 2.00 bits per heavy atom. The molecule has 1 fully saturated rings. The molecule has 0 bridgehead atoms. The third-order valence-corrected chi connectivity index (χ3v) is 4.43. The molecule has 0 atom stereocenters. The van der Waals surface area contributed by atoms with E-state index in [0.29, 0.717) is 15.7 Å². The molecule has 1 saturated heterocycles. The summed E-state index contributed by atoms with van der Waals surface area (Å²) in [6, 6.07) is 1.80. The lowest BCUT2D eigenvalue weighted by Crippen LogP contribution is -2.26. The number of nitrogens with zero attached hydrogens (tertiary/aromatic N) is 3. The Morgan fingerprint density at radius 1 is 1.29 bits per heavy atom. The van der Waals surface area contributed by atoms with Gasteiger partial charge in [-0.15, -0.1) is 10.2 Å². The van der Waals surface area contributed by atoms with Crippen LogP contribution in [0.2, 0.25) is 10.3 Å². The van der Waals surface area contributed by atoms with Crippen molar-refractivity contribution in [1.29, 1.82) is 0 Å². The van der Waals surface area contributed by atoms with Gasteiger partial charge in [0.25, 0.3) is 0 Å². The summed E-state index contributed by atoms with van der Waals surface area (Å²) >= 11 is 12.0. The normalized spacial score (nSPS) is 18.7. The summed E-state index contributed by atoms with van der Waals surface area (Å²) in [6.07, 6.45) is 3.60. The number of aromatic nitrogens is 2. The van der Waals surface area contributed by atoms with Crippen molar-refractivity contribution < 1.29 is 0 Å². The fourth-order valence-corrected chi connectivity index (χ4v) is 2.89. The zero-order chi connectivity index (χ0) is 12.5. The first kappa shape index (κ1) is 12.9. The Balaban J connectivity index is 2.23. The van der Waals surface area contributed by atoms with E-state index in [0.717, 1.165) is 18.8 Å². The highest BCUT2D eigenvalue weighted by atomic mass is 35.5. The number of rotatable bonds is 3. The highest BCUT2D eigenvalue weighted by molar-refractivity contribution is 6.33. The van der Waals surface area contributed by atoms with Crippen molar-refractivity contribution in [2.75, 3.05) is 18.0 Å². The van der Waals surface area contributed by atoms with Crippen molar-refractivity contribution in [3.05, 3.63) is 16.4 Å². The van der Waals surface area contributed by atoms with E-state index < -0.39 is 0 Å². The minimum Gasteiger partial charge on any atom is -0.368 e. The first-order chi connectivity index (χ1) is 8.10. The van der Waals surface area contributed by atoms with Crippen LogP contribution in [0.3, 0.4) is 0 Å². The topological polar surface area (TPSA) is 29.0 Å². The lowest BCUT2D eigenvalue weighted by Gasteiger charge is -2.27. The molecule has 0 aromatic carbocycles. The molecule has 2 heterocycles. The van der Waals surface area contributed by atoms with Gasteiger partial charge < -0.3 is 4.90 Å². The van der Waals surface area contributed by atoms with Crippen LogP contribution in [0.4, 0.5) is 5.69 Å². The molecule has 0 radical (unpaired) electrons. The van der Waals surface area contributed by atoms with Crippen LogP contribution < -0.4 is 4.90 Å². The van der Waals surface area contributed by atoms with Gasteiger partial charge in [-0.25, -0.2) is 0 Å². The molecule has 0 saturated carbocycles. The predicted molar refractivity (Wildman–Crippen MR) is 71.9 cm³/mol. The lowest BCUT2D eigenvalue weighted by molar-refractivity contribution is 0.301. The SMILES string of the molecule is CCC1(CC)CCN(c2cc(Cl)nnc2Cl)C1. The third kappa shape index (κ3) is 2.50. The fraction of sp³-hybridized carbons (Fsp3) is 0.667. The minimum absolute atomic E-state index is 0.398. The molecule has 0 spiro atoms. The van der Waals surface area contributed by atoms with E-state index in [2.05, 4.69) is 28.9 Å². The standard InChI is InChI=1S/C12H17Cl2N3/c1-3-12(4-2)5-6-17(8-12)9-7-10(13)15-16-11(9)14/h7H,3-6,8H2,1-2H3. The molecule has 0 N–H and O–H groups in total. The monoisotopic (exact) mass is 273 g/mol. The minimum atomic E-state index is 0.398. The van der Waals surface area contributed by atoms with Crippen LogP contribution in [-0.4, -0.2) is 23.3 Å². The molecule has 1 aliphatic rings. The van der Waals surface area contributed by atoms with Gasteiger partial charge >= 0.3 is 0 Å². The Labute approximate surface area is 112 Å². The molecule has 2 rings (SSSR count). The molecule has 0 amide bonds. The number of halogens is 2. The largest absolute Gasteiger partial charge is 0.368 e. The van der Waals surface area contributed by atoms with E-state index in [1.54, 1.807) is 6.07 Å². The Hall–Kier alpha value is -0.540. The Morgan fingerprint density at radius 3 is 2.59 bits per heavy atom. The van der Waals surface area contributed by atoms with Gasteiger partial charge in [0.1, 0.15) is 0 Å². The molecule has 0 unspecified atom stereocenters. The van der Waals surface area contributed by atoms with E-state index in [-0.39, 0.29) is 0 Å². The van der Waals surface area contributed by atoms with Gasteiger partial charge in [-0.05, 0) is 24.7 Å². The van der Waals surface area contributed by atoms with E-state index in [9.17, 15) is 0 Å². The Kier molecular flexibility index (Phi) is 3.79. The van der Waals surface area contributed by atoms with Gasteiger partial charge in [0.15, 0.2) is 10.3 Å². The predicted octanol–water partition coefficient (Wildman–Crippen LogP) is 3.80. The maximum Gasteiger partial charge on any atom is 0.175 e. The first-order valence-corrected chi connectivity index (χ1v) is 6.79. The average Bonchev–Trinajstić information content (AvgIpc) is 2.77. The van der Waals surface area contributed by atoms with Gasteiger partial charge in [-0.1, -0.05) is 37.0 Å². The zero-order valence-electron chi connectivity index (χ0n) is 10.2. The van der Waals surface area contributed by atoms with Gasteiger partial charge in [0.05, 0.1) is 5.69 Å². The van der Waals surface area contributed by atoms with E-state index in [1.807, 2.05) is 0 Å². The van der Waals surface area contributed by atoms with Crippen LogP contribution in [0.5, 0.6) is 0 Å². The highest BCUT2D eigenvalue weighted by Gasteiger charge is 2.35. The second kappa shape index (κ2) is 4.99. The summed E-state index contributed by atoms with van der Waals surface area (Å²) in [5.41, 5.74) is 1.33. The number of hydrogen-bond acceptors (Lipinski definition) is 3. The van der Waals surface area contributed by atoms with Gasteiger partial charge in [0, 0.05) is 19.2 Å². The molecular weight excluding hydrogens is 257 g/mol. The van der Waals surface area contributed by atoms with Crippen molar-refractivity contribution in [3.63, 3.8) is 0 Å². The van der Waals surface area contributed by atoms with Gasteiger partial charge in [-0.3, -0.25) is 0 Å². The van der Waals surface area contributed by atoms with Crippen LogP contribution in [0.1, 0.15) is 33.1 Å². The van der Waals surface area contributed by atoms with E-state index in [1.165, 1.54) is 19.3 Å². The maximum atomic E-state index is 6.08. The summed E-state index contributed by atoms with van der Waals surface area (Å²) in [5.74, 6) is 0. The summed E-state index contributed by atoms with van der Waals surface area (Å²) in [5, 5.41) is 8.45. The zero-order valence-corrected chi connectivity index (χ0v) is 11.7. The summed E-state index contributed by atoms with van der Waals surface area (Å²) in [7, 11) is 0. The molecule has 0 aliphatic carbocycles. The van der Waals surface area contributed by atoms with Crippen LogP contribution >= 0.6 is 23.2 Å². The average molecular weight is 274 g/mol. The maximum absolute atomic E-state index is 6.08. The third-order valence-electron chi connectivity index (χ3n) is 3.98. The van der Waals surface area contributed by atoms with Crippen molar-refractivity contribution in [2.24, 2.45) is 5.41 Å². The molecule has 1 aromatic heterocycles. The molecule has 1 aliphatic heterocycles.